The molecule has 1 amide bonds. The van der Waals surface area contributed by atoms with Gasteiger partial charge in [-0.2, -0.15) is 0 Å². The highest BCUT2D eigenvalue weighted by Crippen LogP contribution is 2.35. The van der Waals surface area contributed by atoms with Crippen molar-refractivity contribution in [2.24, 2.45) is 0 Å². The van der Waals surface area contributed by atoms with E-state index >= 15 is 0 Å². The van der Waals surface area contributed by atoms with E-state index in [2.05, 4.69) is 10.6 Å². The Morgan fingerprint density at radius 2 is 1.85 bits per heavy atom. The fraction of sp³-hybridized carbons (Fsp3) is 0.250. The summed E-state index contributed by atoms with van der Waals surface area (Å²) in [7, 11) is 3.07. The third kappa shape index (κ3) is 4.28. The zero-order valence-electron chi connectivity index (χ0n) is 15.3. The topological polar surface area (TPSA) is 72.7 Å². The molecule has 0 aliphatic carbocycles. The number of para-hydroxylation sites is 1. The zero-order valence-corrected chi connectivity index (χ0v) is 16.1. The molecule has 1 heterocycles. The predicted molar refractivity (Wildman–Crippen MR) is 106 cm³/mol. The lowest BCUT2D eigenvalue weighted by atomic mass is 10.2. The molecular formula is C20H21ClN2O4. The lowest BCUT2D eigenvalue weighted by molar-refractivity contribution is -0.120. The molecule has 0 unspecified atom stereocenters. The van der Waals surface area contributed by atoms with Crippen molar-refractivity contribution in [2.75, 3.05) is 26.1 Å². The summed E-state index contributed by atoms with van der Waals surface area (Å²) in [6, 6.07) is 12.7. The van der Waals surface area contributed by atoms with Gasteiger partial charge >= 0.3 is 0 Å². The smallest absolute Gasteiger partial charge is 0.239 e. The Hall–Kier alpha value is -2.86. The quantitative estimate of drug-likeness (QED) is 0.628. The summed E-state index contributed by atoms with van der Waals surface area (Å²) in [6.07, 6.45) is 0. The number of hydrogen-bond acceptors (Lipinski definition) is 5. The van der Waals surface area contributed by atoms with E-state index in [0.717, 1.165) is 11.0 Å². The van der Waals surface area contributed by atoms with Crippen molar-refractivity contribution >= 4 is 34.2 Å². The molecule has 0 fully saturated rings. The first kappa shape index (κ1) is 18.9. The summed E-state index contributed by atoms with van der Waals surface area (Å²) in [4.78, 5) is 12.3. The van der Waals surface area contributed by atoms with Crippen LogP contribution >= 0.6 is 11.6 Å². The zero-order chi connectivity index (χ0) is 19.4. The van der Waals surface area contributed by atoms with E-state index in [9.17, 15) is 4.79 Å². The van der Waals surface area contributed by atoms with Crippen LogP contribution in [0.25, 0.3) is 11.0 Å². The van der Waals surface area contributed by atoms with Gasteiger partial charge in [0.15, 0.2) is 11.5 Å². The first-order valence-corrected chi connectivity index (χ1v) is 8.83. The molecule has 7 heteroatoms. The minimum atomic E-state index is -0.257. The number of methoxy groups -OCH3 is 2. The molecule has 0 spiro atoms. The second kappa shape index (κ2) is 8.22. The van der Waals surface area contributed by atoms with E-state index in [4.69, 9.17) is 25.5 Å². The number of fused-ring (bicyclic) bond motifs is 1. The van der Waals surface area contributed by atoms with E-state index in [1.165, 1.54) is 14.2 Å². The molecule has 0 bridgehead atoms. The minimum absolute atomic E-state index is 0.0553. The molecule has 0 aliphatic rings. The SMILES string of the molecule is COc1cc(Cl)c(NCC(=O)N[C@@H](C)c2cc3ccccc3o2)cc1OC. The summed E-state index contributed by atoms with van der Waals surface area (Å²) >= 11 is 6.22. The van der Waals surface area contributed by atoms with Crippen molar-refractivity contribution in [1.29, 1.82) is 0 Å². The van der Waals surface area contributed by atoms with Gasteiger partial charge < -0.3 is 24.5 Å². The van der Waals surface area contributed by atoms with Gasteiger partial charge in [-0.25, -0.2) is 0 Å². The van der Waals surface area contributed by atoms with Crippen LogP contribution in [0.3, 0.4) is 0 Å². The van der Waals surface area contributed by atoms with Crippen LogP contribution in [-0.4, -0.2) is 26.7 Å². The van der Waals surface area contributed by atoms with Crippen molar-refractivity contribution in [3.63, 3.8) is 0 Å². The first-order chi connectivity index (χ1) is 13.0. The Kier molecular flexibility index (Phi) is 5.76. The maximum Gasteiger partial charge on any atom is 0.239 e. The normalized spacial score (nSPS) is 11.9. The maximum absolute atomic E-state index is 12.3. The van der Waals surface area contributed by atoms with Crippen LogP contribution in [0.2, 0.25) is 5.02 Å². The predicted octanol–water partition coefficient (Wildman–Crippen LogP) is 4.39. The van der Waals surface area contributed by atoms with Gasteiger partial charge in [0.25, 0.3) is 0 Å². The van der Waals surface area contributed by atoms with Gasteiger partial charge in [-0.05, 0) is 19.1 Å². The molecule has 0 radical (unpaired) electrons. The number of rotatable bonds is 7. The third-order valence-electron chi connectivity index (χ3n) is 4.16. The Morgan fingerprint density at radius 1 is 1.15 bits per heavy atom. The van der Waals surface area contributed by atoms with Crippen molar-refractivity contribution in [1.82, 2.24) is 5.32 Å². The average molecular weight is 389 g/mol. The minimum Gasteiger partial charge on any atom is -0.493 e. The van der Waals surface area contributed by atoms with Crippen LogP contribution in [0.5, 0.6) is 11.5 Å². The van der Waals surface area contributed by atoms with Gasteiger partial charge in [-0.15, -0.1) is 0 Å². The van der Waals surface area contributed by atoms with Crippen LogP contribution < -0.4 is 20.1 Å². The van der Waals surface area contributed by atoms with Gasteiger partial charge in [0, 0.05) is 17.5 Å². The lowest BCUT2D eigenvalue weighted by Gasteiger charge is -2.15. The number of amides is 1. The maximum atomic E-state index is 12.3. The highest BCUT2D eigenvalue weighted by Gasteiger charge is 2.15. The summed E-state index contributed by atoms with van der Waals surface area (Å²) in [5.74, 6) is 1.57. The van der Waals surface area contributed by atoms with Gasteiger partial charge in [-0.3, -0.25) is 4.79 Å². The fourth-order valence-electron chi connectivity index (χ4n) is 2.74. The third-order valence-corrected chi connectivity index (χ3v) is 4.47. The molecular weight excluding hydrogens is 368 g/mol. The summed E-state index contributed by atoms with van der Waals surface area (Å²) < 4.78 is 16.2. The molecule has 3 aromatic rings. The molecule has 27 heavy (non-hydrogen) atoms. The Labute approximate surface area is 162 Å². The van der Waals surface area contributed by atoms with Gasteiger partial charge in [0.1, 0.15) is 11.3 Å². The standard InChI is InChI=1S/C20H21ClN2O4/c1-12(17-8-13-6-4-5-7-16(13)27-17)23-20(24)11-22-15-10-19(26-3)18(25-2)9-14(15)21/h4-10,12,22H,11H2,1-3H3,(H,23,24)/t12-/m0/s1. The highest BCUT2D eigenvalue weighted by atomic mass is 35.5. The van der Waals surface area contributed by atoms with E-state index in [1.807, 2.05) is 37.3 Å². The Bertz CT molecular complexity index is 921. The summed E-state index contributed by atoms with van der Waals surface area (Å²) in [5, 5.41) is 7.36. The van der Waals surface area contributed by atoms with E-state index in [1.54, 1.807) is 12.1 Å². The summed E-state index contributed by atoms with van der Waals surface area (Å²) in [6.45, 7) is 1.93. The summed E-state index contributed by atoms with van der Waals surface area (Å²) in [5.41, 5.74) is 1.38. The Morgan fingerprint density at radius 3 is 2.56 bits per heavy atom. The second-order valence-electron chi connectivity index (χ2n) is 6.02. The molecule has 2 N–H and O–H groups in total. The average Bonchev–Trinajstić information content (AvgIpc) is 3.11. The van der Waals surface area contributed by atoms with Crippen LogP contribution in [0, 0.1) is 0 Å². The molecule has 1 aromatic heterocycles. The molecule has 0 saturated heterocycles. The largest absolute Gasteiger partial charge is 0.493 e. The lowest BCUT2D eigenvalue weighted by Crippen LogP contribution is -2.31. The fourth-order valence-corrected chi connectivity index (χ4v) is 2.97. The number of carbonyl (C=O) groups is 1. The van der Waals surface area contributed by atoms with Crippen LogP contribution in [-0.2, 0) is 4.79 Å². The van der Waals surface area contributed by atoms with Crippen LogP contribution in [0.1, 0.15) is 18.7 Å². The first-order valence-electron chi connectivity index (χ1n) is 8.45. The van der Waals surface area contributed by atoms with E-state index < -0.39 is 0 Å². The second-order valence-corrected chi connectivity index (χ2v) is 6.42. The molecule has 1 atom stereocenters. The molecule has 142 valence electrons. The van der Waals surface area contributed by atoms with Gasteiger partial charge in [-0.1, -0.05) is 29.8 Å². The number of halogens is 1. The molecule has 0 aliphatic heterocycles. The number of hydrogen-bond donors (Lipinski definition) is 2. The number of ether oxygens (including phenoxy) is 2. The van der Waals surface area contributed by atoms with E-state index in [0.29, 0.717) is 28.0 Å². The van der Waals surface area contributed by atoms with Gasteiger partial charge in [0.05, 0.1) is 37.5 Å². The van der Waals surface area contributed by atoms with Crippen molar-refractivity contribution in [3.8, 4) is 11.5 Å². The molecule has 3 rings (SSSR count). The number of nitrogens with one attached hydrogen (secondary N) is 2. The molecule has 2 aromatic carbocycles. The van der Waals surface area contributed by atoms with Gasteiger partial charge in [0.2, 0.25) is 5.91 Å². The number of furan rings is 1. The van der Waals surface area contributed by atoms with Crippen molar-refractivity contribution in [2.45, 2.75) is 13.0 Å². The Balaban J connectivity index is 1.62. The van der Waals surface area contributed by atoms with Crippen molar-refractivity contribution < 1.29 is 18.7 Å². The van der Waals surface area contributed by atoms with Crippen molar-refractivity contribution in [3.05, 3.63) is 53.2 Å². The number of carbonyl (C=O) groups excluding carboxylic acids is 1. The number of benzene rings is 2. The molecule has 0 saturated carbocycles. The van der Waals surface area contributed by atoms with E-state index in [-0.39, 0.29) is 18.5 Å². The van der Waals surface area contributed by atoms with Crippen LogP contribution in [0.4, 0.5) is 5.69 Å². The highest BCUT2D eigenvalue weighted by molar-refractivity contribution is 6.33. The monoisotopic (exact) mass is 388 g/mol. The molecule has 6 nitrogen and oxygen atoms in total. The van der Waals surface area contributed by atoms with Crippen LogP contribution in [0.15, 0.2) is 46.9 Å². The number of anilines is 1.